The summed E-state index contributed by atoms with van der Waals surface area (Å²) in [5.41, 5.74) is 1.06. The van der Waals surface area contributed by atoms with Gasteiger partial charge >= 0.3 is 0 Å². The molecule has 106 valence electrons. The summed E-state index contributed by atoms with van der Waals surface area (Å²) in [6, 6.07) is 3.89. The van der Waals surface area contributed by atoms with Crippen molar-refractivity contribution in [3.8, 4) is 17.2 Å². The van der Waals surface area contributed by atoms with E-state index in [1.165, 1.54) is 0 Å². The zero-order chi connectivity index (χ0) is 13.9. The van der Waals surface area contributed by atoms with Crippen LogP contribution in [0, 0.1) is 0 Å². The highest BCUT2D eigenvalue weighted by Gasteiger charge is 2.19. The maximum atomic E-state index is 5.40. The number of aryl methyl sites for hydroxylation is 1. The maximum Gasteiger partial charge on any atom is 0.231 e. The highest BCUT2D eigenvalue weighted by atomic mass is 16.7. The number of ether oxygens (including phenoxy) is 3. The summed E-state index contributed by atoms with van der Waals surface area (Å²) in [4.78, 5) is 0. The largest absolute Gasteiger partial charge is 0.493 e. The zero-order valence-electron chi connectivity index (χ0n) is 11.4. The summed E-state index contributed by atoms with van der Waals surface area (Å²) >= 11 is 0. The molecule has 1 aromatic heterocycles. The Morgan fingerprint density at radius 1 is 1.35 bits per heavy atom. The van der Waals surface area contributed by atoms with E-state index in [1.807, 2.05) is 23.7 Å². The molecule has 0 saturated heterocycles. The van der Waals surface area contributed by atoms with Crippen molar-refractivity contribution in [2.75, 3.05) is 13.9 Å². The van der Waals surface area contributed by atoms with Crippen LogP contribution in [0.2, 0.25) is 0 Å². The number of hydrogen-bond acceptors (Lipinski definition) is 6. The van der Waals surface area contributed by atoms with Crippen LogP contribution in [0.25, 0.3) is 0 Å². The minimum Gasteiger partial charge on any atom is -0.493 e. The molecule has 0 bridgehead atoms. The average molecular weight is 276 g/mol. The second-order valence-corrected chi connectivity index (χ2v) is 4.49. The van der Waals surface area contributed by atoms with Gasteiger partial charge in [0.05, 0.1) is 13.7 Å². The van der Waals surface area contributed by atoms with Gasteiger partial charge in [-0.1, -0.05) is 0 Å². The van der Waals surface area contributed by atoms with Crippen LogP contribution in [-0.2, 0) is 20.1 Å². The Bertz CT molecular complexity index is 612. The van der Waals surface area contributed by atoms with E-state index < -0.39 is 0 Å². The molecule has 1 aliphatic rings. The van der Waals surface area contributed by atoms with Gasteiger partial charge in [-0.3, -0.25) is 0 Å². The zero-order valence-corrected chi connectivity index (χ0v) is 11.4. The fourth-order valence-electron chi connectivity index (χ4n) is 2.07. The second-order valence-electron chi connectivity index (χ2n) is 4.49. The van der Waals surface area contributed by atoms with E-state index in [0.717, 1.165) is 17.1 Å². The molecular formula is C13H16N4O3. The lowest BCUT2D eigenvalue weighted by Gasteiger charge is -2.09. The molecule has 2 aromatic rings. The van der Waals surface area contributed by atoms with Crippen molar-refractivity contribution in [1.29, 1.82) is 0 Å². The lowest BCUT2D eigenvalue weighted by atomic mass is 10.2. The summed E-state index contributed by atoms with van der Waals surface area (Å²) in [5, 5.41) is 11.2. The van der Waals surface area contributed by atoms with E-state index in [2.05, 4.69) is 15.5 Å². The molecule has 1 N–H and O–H groups in total. The summed E-state index contributed by atoms with van der Waals surface area (Å²) in [6.45, 7) is 1.56. The first-order valence-corrected chi connectivity index (χ1v) is 6.28. The standard InChI is InChI=1S/C13H16N4O3/c1-17-7-15-16-12(17)6-14-5-9-3-10(18-2)13-11(4-9)19-8-20-13/h3-4,7,14H,5-6,8H2,1-2H3. The van der Waals surface area contributed by atoms with Crippen molar-refractivity contribution in [3.63, 3.8) is 0 Å². The number of hydrogen-bond donors (Lipinski definition) is 1. The van der Waals surface area contributed by atoms with Gasteiger partial charge in [0.1, 0.15) is 12.2 Å². The summed E-state index contributed by atoms with van der Waals surface area (Å²) < 4.78 is 18.0. The molecule has 0 unspecified atom stereocenters. The average Bonchev–Trinajstić information content (AvgIpc) is 3.07. The van der Waals surface area contributed by atoms with Gasteiger partial charge in [-0.05, 0) is 17.7 Å². The van der Waals surface area contributed by atoms with E-state index in [9.17, 15) is 0 Å². The van der Waals surface area contributed by atoms with Crippen LogP contribution in [0.5, 0.6) is 17.2 Å². The van der Waals surface area contributed by atoms with Crippen molar-refractivity contribution in [1.82, 2.24) is 20.1 Å². The van der Waals surface area contributed by atoms with Crippen LogP contribution in [0.4, 0.5) is 0 Å². The molecule has 0 amide bonds. The van der Waals surface area contributed by atoms with Gasteiger partial charge in [0.15, 0.2) is 11.5 Å². The van der Waals surface area contributed by atoms with Gasteiger partial charge in [0.25, 0.3) is 0 Å². The first-order valence-electron chi connectivity index (χ1n) is 6.28. The van der Waals surface area contributed by atoms with Crippen LogP contribution in [0.3, 0.4) is 0 Å². The molecule has 2 heterocycles. The first kappa shape index (κ1) is 12.7. The summed E-state index contributed by atoms with van der Waals surface area (Å²) in [5.74, 6) is 2.97. The predicted molar refractivity (Wildman–Crippen MR) is 70.7 cm³/mol. The quantitative estimate of drug-likeness (QED) is 0.872. The Hall–Kier alpha value is -2.28. The number of nitrogens with zero attached hydrogens (tertiary/aromatic N) is 3. The molecule has 0 aliphatic carbocycles. The van der Waals surface area contributed by atoms with E-state index in [0.29, 0.717) is 24.6 Å². The van der Waals surface area contributed by atoms with Crippen LogP contribution in [0.1, 0.15) is 11.4 Å². The second kappa shape index (κ2) is 5.38. The molecule has 0 atom stereocenters. The van der Waals surface area contributed by atoms with Crippen LogP contribution in [0.15, 0.2) is 18.5 Å². The molecule has 1 aliphatic heterocycles. The van der Waals surface area contributed by atoms with Gasteiger partial charge in [0.2, 0.25) is 12.5 Å². The van der Waals surface area contributed by atoms with E-state index in [1.54, 1.807) is 13.4 Å². The molecule has 0 spiro atoms. The Kier molecular flexibility index (Phi) is 3.42. The van der Waals surface area contributed by atoms with Crippen LogP contribution < -0.4 is 19.5 Å². The lowest BCUT2D eigenvalue weighted by molar-refractivity contribution is 0.171. The van der Waals surface area contributed by atoms with E-state index in [4.69, 9.17) is 14.2 Å². The minimum atomic E-state index is 0.238. The Labute approximate surface area is 116 Å². The normalized spacial score (nSPS) is 12.7. The first-order chi connectivity index (χ1) is 9.78. The molecule has 1 aromatic carbocycles. The molecule has 20 heavy (non-hydrogen) atoms. The molecule has 0 radical (unpaired) electrons. The fourth-order valence-corrected chi connectivity index (χ4v) is 2.07. The third-order valence-corrected chi connectivity index (χ3v) is 3.14. The van der Waals surface area contributed by atoms with Crippen LogP contribution in [-0.4, -0.2) is 28.7 Å². The number of aromatic nitrogens is 3. The molecule has 0 fully saturated rings. The molecule has 7 nitrogen and oxygen atoms in total. The summed E-state index contributed by atoms with van der Waals surface area (Å²) in [6.07, 6.45) is 1.68. The number of methoxy groups -OCH3 is 1. The molecule has 3 rings (SSSR count). The Morgan fingerprint density at radius 2 is 2.25 bits per heavy atom. The SMILES string of the molecule is COc1cc(CNCc2nncn2C)cc2c1OCO2. The molecule has 0 saturated carbocycles. The number of fused-ring (bicyclic) bond motifs is 1. The Balaban J connectivity index is 1.67. The van der Waals surface area contributed by atoms with Gasteiger partial charge in [-0.2, -0.15) is 0 Å². The lowest BCUT2D eigenvalue weighted by Crippen LogP contribution is -2.15. The van der Waals surface area contributed by atoms with Crippen molar-refractivity contribution < 1.29 is 14.2 Å². The van der Waals surface area contributed by atoms with Crippen molar-refractivity contribution >= 4 is 0 Å². The van der Waals surface area contributed by atoms with E-state index in [-0.39, 0.29) is 6.79 Å². The van der Waals surface area contributed by atoms with Gasteiger partial charge < -0.3 is 24.1 Å². The van der Waals surface area contributed by atoms with Crippen LogP contribution >= 0.6 is 0 Å². The smallest absolute Gasteiger partial charge is 0.231 e. The third kappa shape index (κ3) is 2.39. The van der Waals surface area contributed by atoms with Crippen molar-refractivity contribution in [3.05, 3.63) is 29.8 Å². The molecule has 7 heteroatoms. The van der Waals surface area contributed by atoms with Crippen molar-refractivity contribution in [2.45, 2.75) is 13.1 Å². The van der Waals surface area contributed by atoms with E-state index >= 15 is 0 Å². The fraction of sp³-hybridized carbons (Fsp3) is 0.385. The Morgan fingerprint density at radius 3 is 3.00 bits per heavy atom. The highest BCUT2D eigenvalue weighted by Crippen LogP contribution is 2.41. The van der Waals surface area contributed by atoms with Gasteiger partial charge in [-0.15, -0.1) is 10.2 Å². The monoisotopic (exact) mass is 276 g/mol. The minimum absolute atomic E-state index is 0.238. The number of rotatable bonds is 5. The topological polar surface area (TPSA) is 70.4 Å². The summed E-state index contributed by atoms with van der Waals surface area (Å²) in [7, 11) is 3.54. The highest BCUT2D eigenvalue weighted by molar-refractivity contribution is 5.55. The molecular weight excluding hydrogens is 260 g/mol. The maximum absolute atomic E-state index is 5.40. The third-order valence-electron chi connectivity index (χ3n) is 3.14. The predicted octanol–water partition coefficient (Wildman–Crippen LogP) is 0.842. The number of benzene rings is 1. The van der Waals surface area contributed by atoms with Gasteiger partial charge in [0, 0.05) is 13.6 Å². The van der Waals surface area contributed by atoms with Crippen molar-refractivity contribution in [2.24, 2.45) is 7.05 Å². The van der Waals surface area contributed by atoms with Gasteiger partial charge in [-0.25, -0.2) is 0 Å². The number of nitrogens with one attached hydrogen (secondary N) is 1.